The van der Waals surface area contributed by atoms with Gasteiger partial charge in [-0.1, -0.05) is 13.3 Å². The molecule has 3 rings (SSSR count). The number of hydrogen-bond acceptors (Lipinski definition) is 3. The fourth-order valence-corrected chi connectivity index (χ4v) is 4.36. The summed E-state index contributed by atoms with van der Waals surface area (Å²) in [5.41, 5.74) is 8.51. The van der Waals surface area contributed by atoms with Crippen molar-refractivity contribution in [3.8, 4) is 0 Å². The van der Waals surface area contributed by atoms with Crippen molar-refractivity contribution in [2.75, 3.05) is 0 Å². The molecule has 0 saturated heterocycles. The van der Waals surface area contributed by atoms with Crippen LogP contribution in [0.2, 0.25) is 0 Å². The molecule has 1 aromatic heterocycles. The lowest BCUT2D eigenvalue weighted by Crippen LogP contribution is -2.49. The molecular weight excluding hydrogens is 312 g/mol. The minimum Gasteiger partial charge on any atom is -0.352 e. The van der Waals surface area contributed by atoms with Gasteiger partial charge >= 0.3 is 0 Å². The van der Waals surface area contributed by atoms with E-state index in [9.17, 15) is 4.79 Å². The lowest BCUT2D eigenvalue weighted by molar-refractivity contribution is -0.128. The normalized spacial score (nSPS) is 29.7. The molecule has 3 N–H and O–H groups in total. The number of nitrogens with one attached hydrogen (secondary N) is 1. The van der Waals surface area contributed by atoms with E-state index in [0.29, 0.717) is 24.4 Å². The number of carbonyl (C=O) groups excluding carboxylic acids is 1. The Bertz CT molecular complexity index is 531. The third kappa shape index (κ3) is 3.89. The second kappa shape index (κ2) is 7.67. The van der Waals surface area contributed by atoms with Gasteiger partial charge in [-0.15, -0.1) is 12.4 Å². The number of nitrogens with two attached hydrogens (primary N) is 1. The lowest BCUT2D eigenvalue weighted by Gasteiger charge is -2.43. The molecule has 2 bridgehead atoms. The Morgan fingerprint density at radius 3 is 2.65 bits per heavy atom. The molecule has 2 atom stereocenters. The van der Waals surface area contributed by atoms with Crippen molar-refractivity contribution < 1.29 is 4.79 Å². The Morgan fingerprint density at radius 2 is 2.04 bits per heavy atom. The summed E-state index contributed by atoms with van der Waals surface area (Å²) in [6, 6.07) is 0.322. The molecule has 2 fully saturated rings. The molecule has 1 amide bonds. The van der Waals surface area contributed by atoms with Crippen LogP contribution in [0.4, 0.5) is 0 Å². The monoisotopic (exact) mass is 340 g/mol. The minimum atomic E-state index is 0. The summed E-state index contributed by atoms with van der Waals surface area (Å²) in [6.07, 6.45) is 8.52. The number of rotatable bonds is 4. The van der Waals surface area contributed by atoms with E-state index < -0.39 is 0 Å². The van der Waals surface area contributed by atoms with Gasteiger partial charge in [-0.05, 0) is 43.9 Å². The van der Waals surface area contributed by atoms with E-state index in [-0.39, 0.29) is 24.2 Å². The van der Waals surface area contributed by atoms with E-state index in [0.717, 1.165) is 30.5 Å². The summed E-state index contributed by atoms with van der Waals surface area (Å²) in [6.45, 7) is 2.69. The van der Waals surface area contributed by atoms with Gasteiger partial charge in [0.15, 0.2) is 0 Å². The highest BCUT2D eigenvalue weighted by atomic mass is 35.5. The second-order valence-corrected chi connectivity index (χ2v) is 7.04. The molecule has 23 heavy (non-hydrogen) atoms. The van der Waals surface area contributed by atoms with E-state index in [1.807, 2.05) is 17.9 Å². The molecular formula is C17H29ClN4O. The number of aromatic nitrogens is 2. The largest absolute Gasteiger partial charge is 0.352 e. The Kier molecular flexibility index (Phi) is 6.09. The molecule has 0 aliphatic heterocycles. The van der Waals surface area contributed by atoms with Crippen LogP contribution in [0.15, 0.2) is 6.20 Å². The number of nitrogens with zero attached hydrogens (tertiary/aromatic N) is 2. The molecule has 0 spiro atoms. The molecule has 0 radical (unpaired) electrons. The Hall–Kier alpha value is -1.07. The van der Waals surface area contributed by atoms with Crippen LogP contribution in [0, 0.1) is 17.8 Å². The Labute approximate surface area is 144 Å². The van der Waals surface area contributed by atoms with Crippen molar-refractivity contribution in [2.24, 2.45) is 30.5 Å². The van der Waals surface area contributed by atoms with Crippen molar-refractivity contribution in [1.29, 1.82) is 0 Å². The Morgan fingerprint density at radius 1 is 1.39 bits per heavy atom. The summed E-state index contributed by atoms with van der Waals surface area (Å²) in [7, 11) is 1.92. The van der Waals surface area contributed by atoms with Crippen molar-refractivity contribution in [2.45, 2.75) is 58.0 Å². The molecule has 1 heterocycles. The maximum Gasteiger partial charge on any atom is 0.223 e. The highest BCUT2D eigenvalue weighted by Crippen LogP contribution is 2.41. The third-order valence-corrected chi connectivity index (χ3v) is 5.56. The van der Waals surface area contributed by atoms with Gasteiger partial charge in [0.25, 0.3) is 0 Å². The van der Waals surface area contributed by atoms with Crippen LogP contribution in [0.25, 0.3) is 0 Å². The van der Waals surface area contributed by atoms with Gasteiger partial charge in [0.1, 0.15) is 0 Å². The molecule has 130 valence electrons. The number of amides is 1. The van der Waals surface area contributed by atoms with Gasteiger partial charge in [0.05, 0.1) is 5.69 Å². The smallest absolute Gasteiger partial charge is 0.223 e. The zero-order valence-electron chi connectivity index (χ0n) is 14.1. The maximum atomic E-state index is 12.5. The van der Waals surface area contributed by atoms with Crippen molar-refractivity contribution in [3.05, 3.63) is 17.5 Å². The Balaban J connectivity index is 0.00000192. The predicted molar refractivity (Wildman–Crippen MR) is 93.2 cm³/mol. The highest BCUT2D eigenvalue weighted by Gasteiger charge is 2.40. The van der Waals surface area contributed by atoms with Crippen LogP contribution in [0.1, 0.15) is 50.3 Å². The average molecular weight is 341 g/mol. The summed E-state index contributed by atoms with van der Waals surface area (Å²) in [4.78, 5) is 12.5. The minimum absolute atomic E-state index is 0. The lowest BCUT2D eigenvalue weighted by atomic mass is 9.65. The van der Waals surface area contributed by atoms with Crippen LogP contribution in [0.5, 0.6) is 0 Å². The number of fused-ring (bicyclic) bond motifs is 2. The quantitative estimate of drug-likeness (QED) is 0.882. The van der Waals surface area contributed by atoms with Crippen LogP contribution >= 0.6 is 12.4 Å². The summed E-state index contributed by atoms with van der Waals surface area (Å²) >= 11 is 0. The summed E-state index contributed by atoms with van der Waals surface area (Å²) in [5, 5.41) is 7.55. The first-order valence-electron chi connectivity index (χ1n) is 8.63. The number of hydrogen-bond donors (Lipinski definition) is 2. The molecule has 5 nitrogen and oxygen atoms in total. The van der Waals surface area contributed by atoms with E-state index in [2.05, 4.69) is 17.3 Å². The third-order valence-electron chi connectivity index (χ3n) is 5.56. The van der Waals surface area contributed by atoms with E-state index >= 15 is 0 Å². The van der Waals surface area contributed by atoms with Crippen LogP contribution in [0.3, 0.4) is 0 Å². The molecule has 2 aliphatic rings. The summed E-state index contributed by atoms with van der Waals surface area (Å²) in [5.74, 6) is 1.45. The zero-order chi connectivity index (χ0) is 15.7. The standard InChI is InChI=1S/C17H28N4O.ClH/c1-3-15-14(10-21(2)20-15)9-19-17(22)13-7-11-5-4-6-12(8-13)16(11)18;/h10-13,16H,3-9,18H2,1-2H3,(H,19,22);1H. The first-order valence-corrected chi connectivity index (χ1v) is 8.63. The molecule has 2 aliphatic carbocycles. The average Bonchev–Trinajstić information content (AvgIpc) is 2.84. The molecule has 6 heteroatoms. The van der Waals surface area contributed by atoms with Gasteiger partial charge in [-0.2, -0.15) is 5.10 Å². The SMILES string of the molecule is CCc1nn(C)cc1CNC(=O)C1CC2CCCC(C1)C2N.Cl. The van der Waals surface area contributed by atoms with E-state index in [4.69, 9.17) is 5.73 Å². The van der Waals surface area contributed by atoms with Gasteiger partial charge in [0, 0.05) is 37.3 Å². The zero-order valence-corrected chi connectivity index (χ0v) is 14.9. The van der Waals surface area contributed by atoms with Crippen molar-refractivity contribution in [1.82, 2.24) is 15.1 Å². The first kappa shape index (κ1) is 18.3. The molecule has 1 aromatic rings. The molecule has 0 aromatic carbocycles. The van der Waals surface area contributed by atoms with Crippen molar-refractivity contribution in [3.63, 3.8) is 0 Å². The highest BCUT2D eigenvalue weighted by molar-refractivity contribution is 5.85. The van der Waals surface area contributed by atoms with E-state index in [1.165, 1.54) is 19.3 Å². The number of carbonyl (C=O) groups is 1. The fourth-order valence-electron chi connectivity index (χ4n) is 4.36. The maximum absolute atomic E-state index is 12.5. The van der Waals surface area contributed by atoms with Gasteiger partial charge in [-0.3, -0.25) is 9.48 Å². The fraction of sp³-hybridized carbons (Fsp3) is 0.765. The molecule has 2 unspecified atom stereocenters. The first-order chi connectivity index (χ1) is 10.6. The summed E-state index contributed by atoms with van der Waals surface area (Å²) < 4.78 is 1.82. The van der Waals surface area contributed by atoms with Crippen LogP contribution in [-0.4, -0.2) is 21.7 Å². The second-order valence-electron chi connectivity index (χ2n) is 7.04. The number of halogens is 1. The van der Waals surface area contributed by atoms with Crippen LogP contribution < -0.4 is 11.1 Å². The van der Waals surface area contributed by atoms with Gasteiger partial charge in [0.2, 0.25) is 5.91 Å². The van der Waals surface area contributed by atoms with E-state index in [1.54, 1.807) is 0 Å². The molecule has 2 saturated carbocycles. The van der Waals surface area contributed by atoms with Crippen molar-refractivity contribution >= 4 is 18.3 Å². The number of aryl methyl sites for hydroxylation is 2. The topological polar surface area (TPSA) is 72.9 Å². The van der Waals surface area contributed by atoms with Crippen LogP contribution in [-0.2, 0) is 24.8 Å². The van der Waals surface area contributed by atoms with Gasteiger partial charge < -0.3 is 11.1 Å². The van der Waals surface area contributed by atoms with Gasteiger partial charge in [-0.25, -0.2) is 0 Å². The predicted octanol–water partition coefficient (Wildman–Crippen LogP) is 2.17.